The Morgan fingerprint density at radius 2 is 2.12 bits per heavy atom. The quantitative estimate of drug-likeness (QED) is 0.920. The summed E-state index contributed by atoms with van der Waals surface area (Å²) in [4.78, 5) is 0. The topological polar surface area (TPSA) is 25.2 Å². The number of rotatable bonds is 4. The average Bonchev–Trinajstić information content (AvgIpc) is 2.60. The van der Waals surface area contributed by atoms with E-state index < -0.39 is 0 Å². The van der Waals surface area contributed by atoms with Gasteiger partial charge in [-0.3, -0.25) is 0 Å². The van der Waals surface area contributed by atoms with Crippen LogP contribution in [0.1, 0.15) is 19.6 Å². The molecule has 0 fully saturated rings. The van der Waals surface area contributed by atoms with Crippen molar-refractivity contribution in [3.05, 3.63) is 34.2 Å². The van der Waals surface area contributed by atoms with Gasteiger partial charge in [0.05, 0.1) is 6.54 Å². The van der Waals surface area contributed by atoms with Gasteiger partial charge in [-0.15, -0.1) is 0 Å². The maximum atomic E-state index is 13.6. The molecular weight excluding hydrogens is 285 g/mol. The fourth-order valence-corrected chi connectivity index (χ4v) is 2.15. The van der Waals surface area contributed by atoms with Gasteiger partial charge in [-0.2, -0.15) is 0 Å². The Labute approximate surface area is 108 Å². The molecule has 0 aliphatic rings. The number of furan rings is 1. The summed E-state index contributed by atoms with van der Waals surface area (Å²) < 4.78 is 19.8. The van der Waals surface area contributed by atoms with Gasteiger partial charge < -0.3 is 9.73 Å². The zero-order chi connectivity index (χ0) is 12.4. The fourth-order valence-electron chi connectivity index (χ4n) is 1.70. The number of fused-ring (bicyclic) bond motifs is 1. The Hall–Kier alpha value is -0.870. The normalized spacial score (nSPS) is 11.6. The molecule has 0 saturated heterocycles. The van der Waals surface area contributed by atoms with Crippen LogP contribution in [0.25, 0.3) is 11.0 Å². The highest BCUT2D eigenvalue weighted by Gasteiger charge is 2.09. The van der Waals surface area contributed by atoms with Gasteiger partial charge in [0.25, 0.3) is 0 Å². The summed E-state index contributed by atoms with van der Waals surface area (Å²) in [5, 5.41) is 4.06. The van der Waals surface area contributed by atoms with Crippen molar-refractivity contribution in [2.24, 2.45) is 5.92 Å². The molecule has 0 spiro atoms. The zero-order valence-corrected chi connectivity index (χ0v) is 11.5. The lowest BCUT2D eigenvalue weighted by atomic mass is 10.2. The summed E-state index contributed by atoms with van der Waals surface area (Å²) in [5.74, 6) is 1.02. The minimum absolute atomic E-state index is 0.328. The third-order valence-corrected chi connectivity index (χ3v) is 2.90. The lowest BCUT2D eigenvalue weighted by molar-refractivity contribution is 0.474. The number of hydrogen-bond donors (Lipinski definition) is 1. The SMILES string of the molecule is CC(C)CNCc1cc2cc(Br)cc(F)c2o1. The van der Waals surface area contributed by atoms with Crippen LogP contribution in [0.5, 0.6) is 0 Å². The zero-order valence-electron chi connectivity index (χ0n) is 9.89. The second-order valence-electron chi connectivity index (χ2n) is 4.54. The van der Waals surface area contributed by atoms with Crippen molar-refractivity contribution in [2.75, 3.05) is 6.54 Å². The molecule has 1 aromatic carbocycles. The van der Waals surface area contributed by atoms with Crippen molar-refractivity contribution in [1.82, 2.24) is 5.32 Å². The minimum Gasteiger partial charge on any atom is -0.457 e. The molecule has 0 saturated carbocycles. The minimum atomic E-state index is -0.329. The lowest BCUT2D eigenvalue weighted by Gasteiger charge is -2.04. The highest BCUT2D eigenvalue weighted by atomic mass is 79.9. The van der Waals surface area contributed by atoms with Crippen molar-refractivity contribution in [2.45, 2.75) is 20.4 Å². The predicted octanol–water partition coefficient (Wildman–Crippen LogP) is 4.08. The highest BCUT2D eigenvalue weighted by Crippen LogP contribution is 2.26. The molecule has 2 rings (SSSR count). The summed E-state index contributed by atoms with van der Waals surface area (Å²) in [5.41, 5.74) is 0.328. The van der Waals surface area contributed by atoms with E-state index in [0.717, 1.165) is 22.2 Å². The van der Waals surface area contributed by atoms with E-state index in [1.54, 1.807) is 0 Å². The Balaban J connectivity index is 2.17. The monoisotopic (exact) mass is 299 g/mol. The van der Waals surface area contributed by atoms with Crippen molar-refractivity contribution in [3.8, 4) is 0 Å². The molecule has 0 radical (unpaired) electrons. The van der Waals surface area contributed by atoms with Crippen LogP contribution in [0.4, 0.5) is 4.39 Å². The van der Waals surface area contributed by atoms with E-state index in [1.807, 2.05) is 12.1 Å². The summed E-state index contributed by atoms with van der Waals surface area (Å²) in [6.45, 7) is 5.83. The molecule has 1 N–H and O–H groups in total. The Morgan fingerprint density at radius 3 is 2.82 bits per heavy atom. The van der Waals surface area contributed by atoms with Gasteiger partial charge in [-0.1, -0.05) is 29.8 Å². The van der Waals surface area contributed by atoms with Crippen LogP contribution in [-0.4, -0.2) is 6.54 Å². The highest BCUT2D eigenvalue weighted by molar-refractivity contribution is 9.10. The van der Waals surface area contributed by atoms with Crippen molar-refractivity contribution >= 4 is 26.9 Å². The van der Waals surface area contributed by atoms with E-state index >= 15 is 0 Å². The summed E-state index contributed by atoms with van der Waals surface area (Å²) in [6, 6.07) is 5.14. The van der Waals surface area contributed by atoms with Crippen LogP contribution in [0.3, 0.4) is 0 Å². The Morgan fingerprint density at radius 1 is 1.35 bits per heavy atom. The van der Waals surface area contributed by atoms with Crippen molar-refractivity contribution in [1.29, 1.82) is 0 Å². The van der Waals surface area contributed by atoms with Crippen LogP contribution >= 0.6 is 15.9 Å². The molecule has 4 heteroatoms. The molecule has 17 heavy (non-hydrogen) atoms. The molecule has 0 bridgehead atoms. The second kappa shape index (κ2) is 5.19. The van der Waals surface area contributed by atoms with E-state index in [1.165, 1.54) is 6.07 Å². The number of hydrogen-bond acceptors (Lipinski definition) is 2. The first-order valence-electron chi connectivity index (χ1n) is 5.64. The maximum absolute atomic E-state index is 13.6. The molecule has 0 amide bonds. The second-order valence-corrected chi connectivity index (χ2v) is 5.46. The van der Waals surface area contributed by atoms with Crippen LogP contribution < -0.4 is 5.32 Å². The molecule has 0 unspecified atom stereocenters. The van der Waals surface area contributed by atoms with Gasteiger partial charge in [0.1, 0.15) is 5.76 Å². The van der Waals surface area contributed by atoms with Gasteiger partial charge >= 0.3 is 0 Å². The van der Waals surface area contributed by atoms with Crippen LogP contribution in [-0.2, 0) is 6.54 Å². The van der Waals surface area contributed by atoms with Gasteiger partial charge in [-0.25, -0.2) is 4.39 Å². The van der Waals surface area contributed by atoms with Gasteiger partial charge in [-0.05, 0) is 30.7 Å². The molecular formula is C13H15BrFNO. The molecule has 1 heterocycles. The standard InChI is InChI=1S/C13H15BrFNO/c1-8(2)6-16-7-11-4-9-3-10(14)5-12(15)13(9)17-11/h3-5,8,16H,6-7H2,1-2H3. The third-order valence-electron chi connectivity index (χ3n) is 2.44. The predicted molar refractivity (Wildman–Crippen MR) is 70.4 cm³/mol. The third kappa shape index (κ3) is 3.07. The van der Waals surface area contributed by atoms with E-state index in [9.17, 15) is 4.39 Å². The molecule has 0 aliphatic heterocycles. The van der Waals surface area contributed by atoms with Crippen LogP contribution in [0.15, 0.2) is 27.1 Å². The summed E-state index contributed by atoms with van der Waals surface area (Å²) >= 11 is 3.27. The van der Waals surface area contributed by atoms with E-state index in [2.05, 4.69) is 35.1 Å². The Kier molecular flexibility index (Phi) is 3.84. The molecule has 0 atom stereocenters. The summed E-state index contributed by atoms with van der Waals surface area (Å²) in [6.07, 6.45) is 0. The fraction of sp³-hybridized carbons (Fsp3) is 0.385. The first kappa shape index (κ1) is 12.6. The first-order valence-corrected chi connectivity index (χ1v) is 6.43. The molecule has 1 aromatic heterocycles. The smallest absolute Gasteiger partial charge is 0.170 e. The molecule has 2 nitrogen and oxygen atoms in total. The van der Waals surface area contributed by atoms with Crippen LogP contribution in [0.2, 0.25) is 0 Å². The van der Waals surface area contributed by atoms with E-state index in [-0.39, 0.29) is 5.82 Å². The first-order chi connectivity index (χ1) is 8.06. The average molecular weight is 300 g/mol. The van der Waals surface area contributed by atoms with Crippen molar-refractivity contribution < 1.29 is 8.81 Å². The molecule has 2 aromatic rings. The largest absolute Gasteiger partial charge is 0.457 e. The van der Waals surface area contributed by atoms with Gasteiger partial charge in [0.2, 0.25) is 0 Å². The number of nitrogens with one attached hydrogen (secondary N) is 1. The lowest BCUT2D eigenvalue weighted by Crippen LogP contribution is -2.18. The van der Waals surface area contributed by atoms with Crippen LogP contribution in [0, 0.1) is 11.7 Å². The van der Waals surface area contributed by atoms with E-state index in [0.29, 0.717) is 18.0 Å². The number of benzene rings is 1. The summed E-state index contributed by atoms with van der Waals surface area (Å²) in [7, 11) is 0. The van der Waals surface area contributed by atoms with Crippen molar-refractivity contribution in [3.63, 3.8) is 0 Å². The Bertz CT molecular complexity index is 521. The maximum Gasteiger partial charge on any atom is 0.170 e. The molecule has 92 valence electrons. The molecule has 0 aliphatic carbocycles. The van der Waals surface area contributed by atoms with Gasteiger partial charge in [0.15, 0.2) is 11.4 Å². The van der Waals surface area contributed by atoms with Gasteiger partial charge in [0, 0.05) is 9.86 Å². The number of halogens is 2. The van der Waals surface area contributed by atoms with E-state index in [4.69, 9.17) is 4.42 Å².